The van der Waals surface area contributed by atoms with E-state index < -0.39 is 0 Å². The molecule has 0 N–H and O–H groups in total. The second-order valence-corrected chi connectivity index (χ2v) is 3.57. The summed E-state index contributed by atoms with van der Waals surface area (Å²) in [6.07, 6.45) is 1.90. The van der Waals surface area contributed by atoms with Gasteiger partial charge in [0.15, 0.2) is 0 Å². The lowest BCUT2D eigenvalue weighted by Gasteiger charge is -2.10. The Hall–Kier alpha value is -2.10. The maximum atomic E-state index is 11.4. The molecule has 1 aromatic carbocycles. The summed E-state index contributed by atoms with van der Waals surface area (Å²) in [5.41, 5.74) is 1.65. The fourth-order valence-corrected chi connectivity index (χ4v) is 1.78. The number of aromatic nitrogens is 1. The molecular formula is C13H13NO3. The molecule has 0 radical (unpaired) electrons. The van der Waals surface area contributed by atoms with Crippen molar-refractivity contribution in [1.82, 2.24) is 4.98 Å². The molecule has 2 aromatic rings. The average molecular weight is 231 g/mol. The third-order valence-corrected chi connectivity index (χ3v) is 2.62. The zero-order valence-electron chi connectivity index (χ0n) is 9.77. The standard InChI is InChI=1S/C13H13NO3/c1-16-12-6-5-11-9(4-3-7-14-11)10(12)8-13(15)17-2/h3-7H,8H2,1-2H3. The molecule has 0 atom stereocenters. The second-order valence-electron chi connectivity index (χ2n) is 3.57. The van der Waals surface area contributed by atoms with E-state index in [-0.39, 0.29) is 12.4 Å². The Labute approximate surface area is 99.2 Å². The van der Waals surface area contributed by atoms with E-state index in [0.29, 0.717) is 5.75 Å². The van der Waals surface area contributed by atoms with E-state index in [1.807, 2.05) is 24.3 Å². The van der Waals surface area contributed by atoms with Gasteiger partial charge >= 0.3 is 5.97 Å². The Morgan fingerprint density at radius 1 is 1.29 bits per heavy atom. The number of ether oxygens (including phenoxy) is 2. The smallest absolute Gasteiger partial charge is 0.310 e. The number of benzene rings is 1. The van der Waals surface area contributed by atoms with Gasteiger partial charge in [-0.05, 0) is 18.2 Å². The fraction of sp³-hybridized carbons (Fsp3) is 0.231. The number of carbonyl (C=O) groups excluding carboxylic acids is 1. The topological polar surface area (TPSA) is 48.4 Å². The molecule has 4 heteroatoms. The first-order chi connectivity index (χ1) is 8.26. The second kappa shape index (κ2) is 4.82. The zero-order chi connectivity index (χ0) is 12.3. The van der Waals surface area contributed by atoms with E-state index >= 15 is 0 Å². The molecule has 0 aliphatic rings. The van der Waals surface area contributed by atoms with E-state index in [9.17, 15) is 4.79 Å². The first-order valence-electron chi connectivity index (χ1n) is 5.23. The van der Waals surface area contributed by atoms with Gasteiger partial charge < -0.3 is 9.47 Å². The van der Waals surface area contributed by atoms with Crippen LogP contribution in [-0.4, -0.2) is 25.2 Å². The van der Waals surface area contributed by atoms with Gasteiger partial charge in [0.2, 0.25) is 0 Å². The molecule has 0 saturated carbocycles. The minimum absolute atomic E-state index is 0.183. The van der Waals surface area contributed by atoms with Crippen LogP contribution in [0.15, 0.2) is 30.5 Å². The van der Waals surface area contributed by atoms with Gasteiger partial charge in [-0.15, -0.1) is 0 Å². The summed E-state index contributed by atoms with van der Waals surface area (Å²) < 4.78 is 9.95. The Balaban J connectivity index is 2.58. The van der Waals surface area contributed by atoms with E-state index in [0.717, 1.165) is 16.5 Å². The van der Waals surface area contributed by atoms with Crippen LogP contribution in [0.2, 0.25) is 0 Å². The van der Waals surface area contributed by atoms with Gasteiger partial charge in [0, 0.05) is 17.1 Å². The number of fused-ring (bicyclic) bond motifs is 1. The maximum Gasteiger partial charge on any atom is 0.310 e. The van der Waals surface area contributed by atoms with Gasteiger partial charge in [-0.2, -0.15) is 0 Å². The normalized spacial score (nSPS) is 10.2. The van der Waals surface area contributed by atoms with Crippen LogP contribution in [-0.2, 0) is 16.0 Å². The summed E-state index contributed by atoms with van der Waals surface area (Å²) in [6, 6.07) is 7.44. The molecule has 1 aromatic heterocycles. The van der Waals surface area contributed by atoms with Crippen molar-refractivity contribution in [2.45, 2.75) is 6.42 Å². The van der Waals surface area contributed by atoms with Gasteiger partial charge in [0.05, 0.1) is 26.2 Å². The number of hydrogen-bond acceptors (Lipinski definition) is 4. The van der Waals surface area contributed by atoms with Gasteiger partial charge in [-0.3, -0.25) is 9.78 Å². The average Bonchev–Trinajstić information content (AvgIpc) is 2.39. The molecule has 88 valence electrons. The predicted molar refractivity (Wildman–Crippen MR) is 64.0 cm³/mol. The van der Waals surface area contributed by atoms with Crippen LogP contribution in [0.4, 0.5) is 0 Å². The number of nitrogens with zero attached hydrogens (tertiary/aromatic N) is 1. The first-order valence-corrected chi connectivity index (χ1v) is 5.23. The lowest BCUT2D eigenvalue weighted by Crippen LogP contribution is -2.06. The molecule has 0 spiro atoms. The fourth-order valence-electron chi connectivity index (χ4n) is 1.78. The van der Waals surface area contributed by atoms with Crippen LogP contribution in [0, 0.1) is 0 Å². The number of hydrogen-bond donors (Lipinski definition) is 0. The molecule has 0 aliphatic heterocycles. The molecule has 17 heavy (non-hydrogen) atoms. The summed E-state index contributed by atoms with van der Waals surface area (Å²) in [6.45, 7) is 0. The molecule has 0 saturated heterocycles. The number of methoxy groups -OCH3 is 2. The quantitative estimate of drug-likeness (QED) is 0.758. The number of rotatable bonds is 3. The van der Waals surface area contributed by atoms with Crippen molar-refractivity contribution in [3.8, 4) is 5.75 Å². The summed E-state index contributed by atoms with van der Waals surface area (Å²) >= 11 is 0. The van der Waals surface area contributed by atoms with Crippen LogP contribution >= 0.6 is 0 Å². The molecule has 4 nitrogen and oxygen atoms in total. The van der Waals surface area contributed by atoms with Gasteiger partial charge in [0.25, 0.3) is 0 Å². The van der Waals surface area contributed by atoms with Crippen LogP contribution in [0.5, 0.6) is 5.75 Å². The predicted octanol–water partition coefficient (Wildman–Crippen LogP) is 1.96. The third kappa shape index (κ3) is 2.20. The van der Waals surface area contributed by atoms with Crippen molar-refractivity contribution in [1.29, 1.82) is 0 Å². The summed E-state index contributed by atoms with van der Waals surface area (Å²) in [7, 11) is 2.95. The highest BCUT2D eigenvalue weighted by atomic mass is 16.5. The molecule has 1 heterocycles. The molecule has 0 aliphatic carbocycles. The third-order valence-electron chi connectivity index (χ3n) is 2.62. The van der Waals surface area contributed by atoms with Crippen LogP contribution in [0.1, 0.15) is 5.56 Å². The molecule has 2 rings (SSSR count). The van der Waals surface area contributed by atoms with Crippen LogP contribution < -0.4 is 4.74 Å². The molecule has 0 amide bonds. The number of pyridine rings is 1. The van der Waals surface area contributed by atoms with Crippen LogP contribution in [0.25, 0.3) is 10.9 Å². The van der Waals surface area contributed by atoms with Crippen molar-refractivity contribution >= 4 is 16.9 Å². The van der Waals surface area contributed by atoms with E-state index in [1.54, 1.807) is 13.3 Å². The summed E-state index contributed by atoms with van der Waals surface area (Å²) in [4.78, 5) is 15.6. The maximum absolute atomic E-state index is 11.4. The Morgan fingerprint density at radius 3 is 2.82 bits per heavy atom. The first kappa shape index (κ1) is 11.4. The van der Waals surface area contributed by atoms with Crippen molar-refractivity contribution in [3.63, 3.8) is 0 Å². The number of carbonyl (C=O) groups is 1. The Morgan fingerprint density at radius 2 is 2.12 bits per heavy atom. The van der Waals surface area contributed by atoms with Crippen LogP contribution in [0.3, 0.4) is 0 Å². The highest BCUT2D eigenvalue weighted by Crippen LogP contribution is 2.27. The highest BCUT2D eigenvalue weighted by molar-refractivity contribution is 5.88. The van der Waals surface area contributed by atoms with Crippen molar-refractivity contribution in [2.75, 3.05) is 14.2 Å². The molecular weight excluding hydrogens is 218 g/mol. The van der Waals surface area contributed by atoms with E-state index in [2.05, 4.69) is 9.72 Å². The monoisotopic (exact) mass is 231 g/mol. The van der Waals surface area contributed by atoms with Gasteiger partial charge in [0.1, 0.15) is 5.75 Å². The van der Waals surface area contributed by atoms with Crippen molar-refractivity contribution < 1.29 is 14.3 Å². The largest absolute Gasteiger partial charge is 0.496 e. The number of esters is 1. The minimum Gasteiger partial charge on any atom is -0.496 e. The molecule has 0 bridgehead atoms. The lowest BCUT2D eigenvalue weighted by molar-refractivity contribution is -0.139. The van der Waals surface area contributed by atoms with E-state index in [1.165, 1.54) is 7.11 Å². The molecule has 0 fully saturated rings. The van der Waals surface area contributed by atoms with Gasteiger partial charge in [-0.25, -0.2) is 0 Å². The van der Waals surface area contributed by atoms with Crippen molar-refractivity contribution in [2.24, 2.45) is 0 Å². The summed E-state index contributed by atoms with van der Waals surface area (Å²) in [5, 5.41) is 0.914. The van der Waals surface area contributed by atoms with Crippen molar-refractivity contribution in [3.05, 3.63) is 36.0 Å². The lowest BCUT2D eigenvalue weighted by atomic mass is 10.0. The SMILES string of the molecule is COC(=O)Cc1c(OC)ccc2ncccc12. The minimum atomic E-state index is -0.292. The summed E-state index contributed by atoms with van der Waals surface area (Å²) in [5.74, 6) is 0.385. The molecule has 0 unspecified atom stereocenters. The zero-order valence-corrected chi connectivity index (χ0v) is 9.77. The Bertz CT molecular complexity index is 551. The van der Waals surface area contributed by atoms with Gasteiger partial charge in [-0.1, -0.05) is 6.07 Å². The highest BCUT2D eigenvalue weighted by Gasteiger charge is 2.12. The Kier molecular flexibility index (Phi) is 3.23. The van der Waals surface area contributed by atoms with E-state index in [4.69, 9.17) is 4.74 Å².